The van der Waals surface area contributed by atoms with Crippen LogP contribution in [0.2, 0.25) is 5.02 Å². The average Bonchev–Trinajstić information content (AvgIpc) is 3.17. The number of fused-ring (bicyclic) bond motifs is 2. The minimum absolute atomic E-state index is 0.0555. The van der Waals surface area contributed by atoms with Gasteiger partial charge < -0.3 is 5.32 Å². The topological polar surface area (TPSA) is 42.0 Å². The fourth-order valence-electron chi connectivity index (χ4n) is 3.31. The fourth-order valence-corrected chi connectivity index (χ4v) is 5.21. The van der Waals surface area contributed by atoms with Crippen LogP contribution in [-0.2, 0) is 24.2 Å². The summed E-state index contributed by atoms with van der Waals surface area (Å²) in [7, 11) is 0. The van der Waals surface area contributed by atoms with Gasteiger partial charge in [-0.15, -0.1) is 23.1 Å². The quantitative estimate of drug-likeness (QED) is 0.593. The lowest BCUT2D eigenvalue weighted by Gasteiger charge is -2.20. The minimum atomic E-state index is 0.0555. The summed E-state index contributed by atoms with van der Waals surface area (Å²) in [5.41, 5.74) is 3.46. The van der Waals surface area contributed by atoms with E-state index in [9.17, 15) is 4.79 Å². The molecule has 3 nitrogen and oxygen atoms in total. The number of hydrogen-bond donors (Lipinski definition) is 1. The second kappa shape index (κ2) is 7.99. The largest absolute Gasteiger partial charge is 0.350 e. The highest BCUT2D eigenvalue weighted by Gasteiger charge is 2.19. The van der Waals surface area contributed by atoms with Gasteiger partial charge in [-0.1, -0.05) is 17.7 Å². The van der Waals surface area contributed by atoms with Gasteiger partial charge in [-0.3, -0.25) is 9.78 Å². The van der Waals surface area contributed by atoms with Crippen LogP contribution in [0.1, 0.15) is 29.0 Å². The number of nitrogens with zero attached hydrogens (tertiary/aromatic N) is 1. The summed E-state index contributed by atoms with van der Waals surface area (Å²) >= 11 is 9.50. The van der Waals surface area contributed by atoms with Crippen molar-refractivity contribution < 1.29 is 4.79 Å². The number of thiophene rings is 1. The summed E-state index contributed by atoms with van der Waals surface area (Å²) in [6.07, 6.45) is 4.42. The van der Waals surface area contributed by atoms with Gasteiger partial charge in [0.15, 0.2) is 0 Å². The van der Waals surface area contributed by atoms with E-state index in [0.717, 1.165) is 23.7 Å². The first-order valence-electron chi connectivity index (χ1n) is 8.73. The Bertz CT molecular complexity index is 941. The van der Waals surface area contributed by atoms with Crippen molar-refractivity contribution in [2.24, 2.45) is 0 Å². The highest BCUT2D eigenvalue weighted by Crippen LogP contribution is 2.37. The molecule has 1 aromatic carbocycles. The summed E-state index contributed by atoms with van der Waals surface area (Å²) in [5, 5.41) is 6.80. The Morgan fingerprint density at radius 3 is 3.00 bits per heavy atom. The second-order valence-electron chi connectivity index (χ2n) is 6.38. The van der Waals surface area contributed by atoms with E-state index in [-0.39, 0.29) is 5.91 Å². The molecule has 0 unspecified atom stereocenters. The molecule has 0 spiro atoms. The molecule has 0 fully saturated rings. The summed E-state index contributed by atoms with van der Waals surface area (Å²) in [4.78, 5) is 19.5. The van der Waals surface area contributed by atoms with Gasteiger partial charge in [0.05, 0.1) is 17.8 Å². The van der Waals surface area contributed by atoms with Crippen LogP contribution < -0.4 is 5.32 Å². The summed E-state index contributed by atoms with van der Waals surface area (Å²) in [6, 6.07) is 9.87. The number of benzene rings is 1. The second-order valence-corrected chi connectivity index (χ2v) is 8.83. The van der Waals surface area contributed by atoms with Crippen LogP contribution >= 0.6 is 34.7 Å². The Labute approximate surface area is 166 Å². The molecule has 0 saturated heterocycles. The Hall–Kier alpha value is -1.56. The van der Waals surface area contributed by atoms with Crippen molar-refractivity contribution in [3.8, 4) is 0 Å². The van der Waals surface area contributed by atoms with Crippen molar-refractivity contribution >= 4 is 51.5 Å². The number of aryl methyl sites for hydroxylation is 1. The molecule has 3 aromatic rings. The Morgan fingerprint density at radius 1 is 1.27 bits per heavy atom. The molecule has 134 valence electrons. The molecule has 26 heavy (non-hydrogen) atoms. The van der Waals surface area contributed by atoms with Gasteiger partial charge in [-0.25, -0.2) is 0 Å². The maximum Gasteiger partial charge on any atom is 0.230 e. The monoisotopic (exact) mass is 402 g/mol. The van der Waals surface area contributed by atoms with E-state index < -0.39 is 0 Å². The normalized spacial score (nSPS) is 13.6. The van der Waals surface area contributed by atoms with E-state index >= 15 is 0 Å². The zero-order chi connectivity index (χ0) is 17.9. The first-order valence-corrected chi connectivity index (χ1v) is 11.0. The molecule has 1 amide bonds. The summed E-state index contributed by atoms with van der Waals surface area (Å²) in [5.74, 6) is 0.462. The highest BCUT2D eigenvalue weighted by molar-refractivity contribution is 8.00. The summed E-state index contributed by atoms with van der Waals surface area (Å²) < 4.78 is 0. The van der Waals surface area contributed by atoms with Gasteiger partial charge in [-0.05, 0) is 60.9 Å². The Balaban J connectivity index is 1.56. The zero-order valence-electron chi connectivity index (χ0n) is 14.3. The van der Waals surface area contributed by atoms with Crippen molar-refractivity contribution in [3.05, 3.63) is 56.9 Å². The van der Waals surface area contributed by atoms with Crippen molar-refractivity contribution in [2.75, 3.05) is 5.75 Å². The number of aromatic nitrogens is 1. The number of hydrogen-bond acceptors (Lipinski definition) is 4. The van der Waals surface area contributed by atoms with E-state index in [1.165, 1.54) is 33.9 Å². The number of rotatable bonds is 5. The SMILES string of the molecule is O=C(CSc1c2c(nc3ccc(Cl)cc13)CCCC2)NCc1cccs1. The predicted octanol–water partition coefficient (Wildman–Crippen LogP) is 5.24. The number of halogens is 1. The molecule has 4 rings (SSSR count). The fraction of sp³-hybridized carbons (Fsp3) is 0.300. The number of thioether (sulfide) groups is 1. The van der Waals surface area contributed by atoms with Crippen molar-refractivity contribution in [1.82, 2.24) is 10.3 Å². The minimum Gasteiger partial charge on any atom is -0.350 e. The number of carbonyl (C=O) groups excluding carboxylic acids is 1. The van der Waals surface area contributed by atoms with Gasteiger partial charge in [0.25, 0.3) is 0 Å². The lowest BCUT2D eigenvalue weighted by molar-refractivity contribution is -0.118. The van der Waals surface area contributed by atoms with Gasteiger partial charge in [0, 0.05) is 25.9 Å². The smallest absolute Gasteiger partial charge is 0.230 e. The molecule has 1 N–H and O–H groups in total. The van der Waals surface area contributed by atoms with Gasteiger partial charge >= 0.3 is 0 Å². The van der Waals surface area contributed by atoms with Crippen LogP contribution in [0.3, 0.4) is 0 Å². The van der Waals surface area contributed by atoms with Crippen LogP contribution in [-0.4, -0.2) is 16.6 Å². The van der Waals surface area contributed by atoms with E-state index in [0.29, 0.717) is 17.3 Å². The number of nitrogens with one attached hydrogen (secondary N) is 1. The number of amides is 1. The number of pyridine rings is 1. The average molecular weight is 403 g/mol. The van der Waals surface area contributed by atoms with Crippen molar-refractivity contribution in [3.63, 3.8) is 0 Å². The number of carbonyl (C=O) groups is 1. The molecule has 0 bridgehead atoms. The van der Waals surface area contributed by atoms with Gasteiger partial charge in [-0.2, -0.15) is 0 Å². The molecular weight excluding hydrogens is 384 g/mol. The van der Waals surface area contributed by atoms with Crippen molar-refractivity contribution in [1.29, 1.82) is 0 Å². The molecule has 2 heterocycles. The molecule has 0 aliphatic heterocycles. The van der Waals surface area contributed by atoms with E-state index in [1.807, 2.05) is 35.7 Å². The lowest BCUT2D eigenvalue weighted by atomic mass is 9.94. The third-order valence-corrected chi connectivity index (χ3v) is 6.83. The van der Waals surface area contributed by atoms with Crippen LogP contribution in [0.25, 0.3) is 10.9 Å². The molecular formula is C20H19ClN2OS2. The van der Waals surface area contributed by atoms with Gasteiger partial charge in [0.2, 0.25) is 5.91 Å². The predicted molar refractivity (Wildman–Crippen MR) is 110 cm³/mol. The molecule has 2 aromatic heterocycles. The van der Waals surface area contributed by atoms with Gasteiger partial charge in [0.1, 0.15) is 0 Å². The maximum absolute atomic E-state index is 12.3. The Morgan fingerprint density at radius 2 is 2.15 bits per heavy atom. The lowest BCUT2D eigenvalue weighted by Crippen LogP contribution is -2.24. The van der Waals surface area contributed by atoms with E-state index in [1.54, 1.807) is 23.1 Å². The molecule has 6 heteroatoms. The zero-order valence-corrected chi connectivity index (χ0v) is 16.6. The van der Waals surface area contributed by atoms with E-state index in [2.05, 4.69) is 5.32 Å². The third-order valence-electron chi connectivity index (χ3n) is 4.56. The molecule has 1 aliphatic carbocycles. The molecule has 0 saturated carbocycles. The molecule has 0 radical (unpaired) electrons. The molecule has 0 atom stereocenters. The van der Waals surface area contributed by atoms with E-state index in [4.69, 9.17) is 16.6 Å². The highest BCUT2D eigenvalue weighted by atomic mass is 35.5. The van der Waals surface area contributed by atoms with Crippen LogP contribution in [0, 0.1) is 0 Å². The third kappa shape index (κ3) is 3.90. The first-order chi connectivity index (χ1) is 12.7. The Kier molecular flexibility index (Phi) is 5.48. The first kappa shape index (κ1) is 17.8. The van der Waals surface area contributed by atoms with Crippen molar-refractivity contribution in [2.45, 2.75) is 37.1 Å². The molecule has 1 aliphatic rings. The van der Waals surface area contributed by atoms with Crippen LogP contribution in [0.4, 0.5) is 0 Å². The standard InChI is InChI=1S/C20H19ClN2OS2/c21-13-7-8-18-16(10-13)20(15-5-1-2-6-17(15)23-18)26-12-19(24)22-11-14-4-3-9-25-14/h3-4,7-10H,1-2,5-6,11-12H2,(H,22,24). The summed E-state index contributed by atoms with van der Waals surface area (Å²) in [6.45, 7) is 0.595. The van der Waals surface area contributed by atoms with Crippen LogP contribution in [0.5, 0.6) is 0 Å². The van der Waals surface area contributed by atoms with Crippen LogP contribution in [0.15, 0.2) is 40.6 Å². The maximum atomic E-state index is 12.3.